The molecule has 0 amide bonds. The summed E-state index contributed by atoms with van der Waals surface area (Å²) in [7, 11) is 1.12. The van der Waals surface area contributed by atoms with Crippen LogP contribution in [0.4, 0.5) is 0 Å². The molecule has 1 spiro atoms. The highest BCUT2D eigenvalue weighted by molar-refractivity contribution is 7.90. The van der Waals surface area contributed by atoms with Crippen LogP contribution in [0.15, 0.2) is 29.2 Å². The lowest BCUT2D eigenvalue weighted by atomic mass is 9.82. The quantitative estimate of drug-likeness (QED) is 0.806. The zero-order chi connectivity index (χ0) is 17.4. The van der Waals surface area contributed by atoms with Crippen LogP contribution in [0.5, 0.6) is 0 Å². The van der Waals surface area contributed by atoms with Gasteiger partial charge in [-0.3, -0.25) is 4.90 Å². The van der Waals surface area contributed by atoms with Crippen molar-refractivity contribution >= 4 is 9.84 Å². The molecule has 5 nitrogen and oxygen atoms in total. The Kier molecular flexibility index (Phi) is 5.02. The van der Waals surface area contributed by atoms with Crippen LogP contribution in [0.1, 0.15) is 18.4 Å². The molecule has 1 aromatic rings. The summed E-state index contributed by atoms with van der Waals surface area (Å²) in [6.45, 7) is 4.79. The van der Waals surface area contributed by atoms with Gasteiger partial charge in [0.25, 0.3) is 0 Å². The predicted octanol–water partition coefficient (Wildman–Crippen LogP) is 1.63. The van der Waals surface area contributed by atoms with E-state index < -0.39 is 9.84 Å². The predicted molar refractivity (Wildman–Crippen MR) is 94.8 cm³/mol. The molecule has 0 saturated carbocycles. The minimum Gasteiger partial charge on any atom is -0.372 e. The highest BCUT2D eigenvalue weighted by atomic mass is 32.2. The molecule has 0 aliphatic carbocycles. The smallest absolute Gasteiger partial charge is 0.175 e. The van der Waals surface area contributed by atoms with E-state index >= 15 is 0 Å². The first-order valence-electron chi connectivity index (χ1n) is 8.56. The topological polar surface area (TPSA) is 49.9 Å². The minimum atomic E-state index is -3.11. The maximum absolute atomic E-state index is 11.5. The highest BCUT2D eigenvalue weighted by Gasteiger charge is 2.46. The molecule has 134 valence electrons. The van der Waals surface area contributed by atoms with Crippen molar-refractivity contribution in [2.75, 3.05) is 46.6 Å². The Hall–Kier alpha value is -0.950. The second-order valence-corrected chi connectivity index (χ2v) is 9.74. The third-order valence-corrected chi connectivity index (χ3v) is 6.17. The molecule has 0 unspecified atom stereocenters. The maximum atomic E-state index is 11.5. The molecule has 2 saturated heterocycles. The van der Waals surface area contributed by atoms with Crippen LogP contribution in [-0.4, -0.2) is 70.4 Å². The molecule has 3 rings (SSSR count). The lowest BCUT2D eigenvalue weighted by Gasteiger charge is -2.53. The SMILES string of the molecule is CN(C)C[C@@H]1CCC2(CN(Cc3ccc(S(C)(=O)=O)cc3)C2)OC1. The summed E-state index contributed by atoms with van der Waals surface area (Å²) >= 11 is 0. The normalized spacial score (nSPS) is 24.2. The van der Waals surface area contributed by atoms with Gasteiger partial charge in [-0.15, -0.1) is 0 Å². The van der Waals surface area contributed by atoms with Crippen molar-refractivity contribution in [1.82, 2.24) is 9.80 Å². The van der Waals surface area contributed by atoms with Gasteiger partial charge in [0.05, 0.1) is 17.1 Å². The number of hydrogen-bond donors (Lipinski definition) is 0. The van der Waals surface area contributed by atoms with Crippen LogP contribution in [-0.2, 0) is 21.1 Å². The summed E-state index contributed by atoms with van der Waals surface area (Å²) < 4.78 is 29.2. The first-order valence-corrected chi connectivity index (χ1v) is 10.4. The van der Waals surface area contributed by atoms with Gasteiger partial charge in [-0.25, -0.2) is 8.42 Å². The standard InChI is InChI=1S/C18H28N2O3S/c1-19(2)10-16-8-9-18(23-12-16)13-20(14-18)11-15-4-6-17(7-5-15)24(3,21)22/h4-7,16H,8-14H2,1-3H3/t16-/m0/s1. The first-order chi connectivity index (χ1) is 11.3. The number of rotatable bonds is 5. The minimum absolute atomic E-state index is 0.0650. The summed E-state index contributed by atoms with van der Waals surface area (Å²) in [4.78, 5) is 5.00. The second-order valence-electron chi connectivity index (χ2n) is 7.72. The Labute approximate surface area is 145 Å². The number of nitrogens with zero attached hydrogens (tertiary/aromatic N) is 2. The van der Waals surface area contributed by atoms with Crippen LogP contribution in [0, 0.1) is 5.92 Å². The molecule has 2 aliphatic rings. The van der Waals surface area contributed by atoms with E-state index in [4.69, 9.17) is 4.74 Å². The molecule has 0 bridgehead atoms. The second kappa shape index (κ2) is 6.75. The molecule has 6 heteroatoms. The average molecular weight is 353 g/mol. The fourth-order valence-electron chi connectivity index (χ4n) is 3.81. The Balaban J connectivity index is 1.47. The van der Waals surface area contributed by atoms with Crippen molar-refractivity contribution in [1.29, 1.82) is 0 Å². The van der Waals surface area contributed by atoms with E-state index in [9.17, 15) is 8.42 Å². The van der Waals surface area contributed by atoms with Crippen molar-refractivity contribution in [3.63, 3.8) is 0 Å². The van der Waals surface area contributed by atoms with Gasteiger partial charge in [-0.05, 0) is 50.6 Å². The van der Waals surface area contributed by atoms with E-state index in [-0.39, 0.29) is 5.60 Å². The zero-order valence-electron chi connectivity index (χ0n) is 14.9. The number of ether oxygens (including phenoxy) is 1. The van der Waals surface area contributed by atoms with Gasteiger partial charge in [0.1, 0.15) is 0 Å². The number of sulfone groups is 1. The van der Waals surface area contributed by atoms with Crippen LogP contribution in [0.3, 0.4) is 0 Å². The monoisotopic (exact) mass is 352 g/mol. The maximum Gasteiger partial charge on any atom is 0.175 e. The van der Waals surface area contributed by atoms with E-state index in [1.54, 1.807) is 12.1 Å². The van der Waals surface area contributed by atoms with E-state index in [2.05, 4.69) is 23.9 Å². The third-order valence-electron chi connectivity index (χ3n) is 5.04. The Bertz CT molecular complexity index is 654. The van der Waals surface area contributed by atoms with Crippen LogP contribution in [0.2, 0.25) is 0 Å². The fourth-order valence-corrected chi connectivity index (χ4v) is 4.44. The van der Waals surface area contributed by atoms with E-state index in [1.807, 2.05) is 12.1 Å². The van der Waals surface area contributed by atoms with Crippen LogP contribution >= 0.6 is 0 Å². The van der Waals surface area contributed by atoms with Gasteiger partial charge >= 0.3 is 0 Å². The van der Waals surface area contributed by atoms with Crippen LogP contribution in [0.25, 0.3) is 0 Å². The van der Waals surface area contributed by atoms with E-state index in [0.29, 0.717) is 10.8 Å². The molecule has 1 aromatic carbocycles. The summed E-state index contributed by atoms with van der Waals surface area (Å²) in [5.74, 6) is 0.656. The molecule has 2 fully saturated rings. The summed E-state index contributed by atoms with van der Waals surface area (Å²) in [6, 6.07) is 7.22. The Morgan fingerprint density at radius 3 is 2.42 bits per heavy atom. The Morgan fingerprint density at radius 2 is 1.92 bits per heavy atom. The van der Waals surface area contributed by atoms with Crippen molar-refractivity contribution in [2.45, 2.75) is 29.9 Å². The van der Waals surface area contributed by atoms with Crippen LogP contribution < -0.4 is 0 Å². The zero-order valence-corrected chi connectivity index (χ0v) is 15.7. The molecule has 2 aliphatic heterocycles. The van der Waals surface area contributed by atoms with E-state index in [0.717, 1.165) is 44.8 Å². The summed E-state index contributed by atoms with van der Waals surface area (Å²) in [5, 5.41) is 0. The molecule has 24 heavy (non-hydrogen) atoms. The molecule has 0 radical (unpaired) electrons. The molecule has 1 atom stereocenters. The van der Waals surface area contributed by atoms with Crippen molar-refractivity contribution < 1.29 is 13.2 Å². The van der Waals surface area contributed by atoms with Gasteiger partial charge in [0.15, 0.2) is 9.84 Å². The molecule has 0 N–H and O–H groups in total. The molecule has 2 heterocycles. The van der Waals surface area contributed by atoms with Gasteiger partial charge < -0.3 is 9.64 Å². The largest absolute Gasteiger partial charge is 0.372 e. The fraction of sp³-hybridized carbons (Fsp3) is 0.667. The lowest BCUT2D eigenvalue weighted by Crippen LogP contribution is -2.64. The van der Waals surface area contributed by atoms with Gasteiger partial charge in [0.2, 0.25) is 0 Å². The van der Waals surface area contributed by atoms with Gasteiger partial charge in [-0.1, -0.05) is 12.1 Å². The molecular formula is C18H28N2O3S. The first kappa shape index (κ1) is 17.9. The van der Waals surface area contributed by atoms with E-state index in [1.165, 1.54) is 12.7 Å². The number of hydrogen-bond acceptors (Lipinski definition) is 5. The number of likely N-dealkylation sites (tertiary alicyclic amines) is 1. The Morgan fingerprint density at radius 1 is 1.25 bits per heavy atom. The van der Waals surface area contributed by atoms with Gasteiger partial charge in [-0.2, -0.15) is 0 Å². The number of benzene rings is 1. The lowest BCUT2D eigenvalue weighted by molar-refractivity contribution is -0.182. The molecular weight excluding hydrogens is 324 g/mol. The average Bonchev–Trinajstić information content (AvgIpc) is 2.47. The van der Waals surface area contributed by atoms with Gasteiger partial charge in [0, 0.05) is 32.4 Å². The van der Waals surface area contributed by atoms with Crippen molar-refractivity contribution in [3.8, 4) is 0 Å². The molecule has 0 aromatic heterocycles. The van der Waals surface area contributed by atoms with Crippen molar-refractivity contribution in [2.24, 2.45) is 5.92 Å². The highest BCUT2D eigenvalue weighted by Crippen LogP contribution is 2.36. The summed E-state index contributed by atoms with van der Waals surface area (Å²) in [6.07, 6.45) is 3.63. The third kappa shape index (κ3) is 4.17. The summed E-state index contributed by atoms with van der Waals surface area (Å²) in [5.41, 5.74) is 1.22. The van der Waals surface area contributed by atoms with Crippen molar-refractivity contribution in [3.05, 3.63) is 29.8 Å².